The van der Waals surface area contributed by atoms with Crippen molar-refractivity contribution in [2.45, 2.75) is 39.8 Å². The lowest BCUT2D eigenvalue weighted by molar-refractivity contribution is -0.123. The molecule has 210 valence electrons. The van der Waals surface area contributed by atoms with Gasteiger partial charge in [-0.15, -0.1) is 6.58 Å². The first-order valence-electron chi connectivity index (χ1n) is 12.9. The maximum Gasteiger partial charge on any atom is 0.262 e. The van der Waals surface area contributed by atoms with Crippen molar-refractivity contribution >= 4 is 29.6 Å². The van der Waals surface area contributed by atoms with E-state index in [4.69, 9.17) is 21.1 Å². The molecule has 0 radical (unpaired) electrons. The van der Waals surface area contributed by atoms with Gasteiger partial charge in [-0.05, 0) is 55.2 Å². The number of hydrogen-bond acceptors (Lipinski definition) is 5. The van der Waals surface area contributed by atoms with Crippen LogP contribution in [-0.2, 0) is 17.8 Å². The van der Waals surface area contributed by atoms with Crippen LogP contribution in [0.3, 0.4) is 0 Å². The summed E-state index contributed by atoms with van der Waals surface area (Å²) in [6.45, 7) is 9.91. The van der Waals surface area contributed by atoms with E-state index in [2.05, 4.69) is 22.4 Å². The molecule has 0 aliphatic rings. The molecule has 0 aliphatic carbocycles. The van der Waals surface area contributed by atoms with Gasteiger partial charge in [-0.2, -0.15) is 5.10 Å². The molecule has 0 saturated heterocycles. The molecule has 0 spiro atoms. The molecule has 3 aromatic carbocycles. The quantitative estimate of drug-likeness (QED) is 0.149. The molecule has 0 bridgehead atoms. The Labute approximate surface area is 239 Å². The zero-order valence-corrected chi connectivity index (χ0v) is 23.5. The largest absolute Gasteiger partial charge is 0.490 e. The average molecular weight is 566 g/mol. The second kappa shape index (κ2) is 14.8. The average Bonchev–Trinajstić information content (AvgIpc) is 2.92. The topological polar surface area (TPSA) is 89.0 Å². The first-order chi connectivity index (χ1) is 19.2. The number of benzene rings is 3. The van der Waals surface area contributed by atoms with E-state index in [0.717, 1.165) is 11.1 Å². The molecule has 1 atom stereocenters. The fourth-order valence-electron chi connectivity index (χ4n) is 3.90. The summed E-state index contributed by atoms with van der Waals surface area (Å²) in [6.07, 6.45) is 3.73. The predicted octanol–water partition coefficient (Wildman–Crippen LogP) is 6.09. The van der Waals surface area contributed by atoms with Gasteiger partial charge in [0.15, 0.2) is 11.5 Å². The van der Waals surface area contributed by atoms with Crippen molar-refractivity contribution in [3.63, 3.8) is 0 Å². The highest BCUT2D eigenvalue weighted by Gasteiger charge is 2.25. The number of carbonyl (C=O) groups is 2. The number of allylic oxidation sites excluding steroid dienone is 1. The van der Waals surface area contributed by atoms with Gasteiger partial charge in [0.25, 0.3) is 11.8 Å². The number of nitrogens with one attached hydrogen (secondary N) is 2. The summed E-state index contributed by atoms with van der Waals surface area (Å²) in [5, 5.41) is 7.29. The maximum atomic E-state index is 14.0. The van der Waals surface area contributed by atoms with E-state index in [1.807, 2.05) is 31.2 Å². The van der Waals surface area contributed by atoms with Crippen LogP contribution in [0.15, 0.2) is 78.4 Å². The zero-order chi connectivity index (χ0) is 29.1. The van der Waals surface area contributed by atoms with Gasteiger partial charge in [0.05, 0.1) is 18.4 Å². The van der Waals surface area contributed by atoms with Crippen LogP contribution >= 0.6 is 11.6 Å². The number of halogens is 2. The smallest absolute Gasteiger partial charge is 0.262 e. The molecule has 7 nitrogen and oxygen atoms in total. The van der Waals surface area contributed by atoms with Crippen LogP contribution in [0.2, 0.25) is 5.02 Å². The van der Waals surface area contributed by atoms with Crippen LogP contribution in [-0.4, -0.2) is 30.7 Å². The molecule has 0 heterocycles. The lowest BCUT2D eigenvalue weighted by Gasteiger charge is -2.20. The molecule has 3 rings (SSSR count). The van der Waals surface area contributed by atoms with E-state index in [-0.39, 0.29) is 18.1 Å². The first-order valence-corrected chi connectivity index (χ1v) is 13.3. The highest BCUT2D eigenvalue weighted by Crippen LogP contribution is 2.34. The van der Waals surface area contributed by atoms with Gasteiger partial charge >= 0.3 is 0 Å². The van der Waals surface area contributed by atoms with E-state index in [9.17, 15) is 14.0 Å². The van der Waals surface area contributed by atoms with Crippen molar-refractivity contribution < 1.29 is 23.5 Å². The molecule has 0 fully saturated rings. The zero-order valence-electron chi connectivity index (χ0n) is 22.7. The van der Waals surface area contributed by atoms with Crippen molar-refractivity contribution in [1.29, 1.82) is 0 Å². The summed E-state index contributed by atoms with van der Waals surface area (Å²) in [4.78, 5) is 25.4. The number of rotatable bonds is 13. The van der Waals surface area contributed by atoms with E-state index < -0.39 is 23.7 Å². The SMILES string of the molecule is C=CCc1cc(C=NNC(=O)C(NC(=O)c2ccccc2F)C(C)C)cc(OCC)c1OCc1ccccc1Cl. The molecule has 2 N–H and O–H groups in total. The number of nitrogens with zero attached hydrogens (tertiary/aromatic N) is 1. The van der Waals surface area contributed by atoms with Crippen LogP contribution in [0.4, 0.5) is 4.39 Å². The van der Waals surface area contributed by atoms with Crippen molar-refractivity contribution in [2.24, 2.45) is 11.0 Å². The van der Waals surface area contributed by atoms with Gasteiger partial charge in [0, 0.05) is 16.1 Å². The molecular formula is C31H33ClFN3O4. The Hall–Kier alpha value is -4.17. The Bertz CT molecular complexity index is 1380. The van der Waals surface area contributed by atoms with Gasteiger partial charge in [-0.3, -0.25) is 9.59 Å². The fraction of sp³-hybridized carbons (Fsp3) is 0.258. The van der Waals surface area contributed by atoms with Crippen LogP contribution < -0.4 is 20.2 Å². The summed E-state index contributed by atoms with van der Waals surface area (Å²) in [6, 6.07) is 15.7. The number of hydrazone groups is 1. The third kappa shape index (κ3) is 8.16. The van der Waals surface area contributed by atoms with Crippen LogP contribution in [0.25, 0.3) is 0 Å². The molecule has 1 unspecified atom stereocenters. The van der Waals surface area contributed by atoms with Gasteiger partial charge in [-0.25, -0.2) is 9.82 Å². The molecule has 40 heavy (non-hydrogen) atoms. The highest BCUT2D eigenvalue weighted by atomic mass is 35.5. The summed E-state index contributed by atoms with van der Waals surface area (Å²) >= 11 is 6.29. The first kappa shape index (κ1) is 30.4. The summed E-state index contributed by atoms with van der Waals surface area (Å²) in [5.74, 6) is -1.08. The molecule has 3 aromatic rings. The van der Waals surface area contributed by atoms with Crippen molar-refractivity contribution in [2.75, 3.05) is 6.61 Å². The number of hydrogen-bond donors (Lipinski definition) is 2. The van der Waals surface area contributed by atoms with Gasteiger partial charge in [0.2, 0.25) is 0 Å². The minimum Gasteiger partial charge on any atom is -0.490 e. The second-order valence-corrected chi connectivity index (χ2v) is 9.63. The van der Waals surface area contributed by atoms with Crippen molar-refractivity contribution in [3.8, 4) is 11.5 Å². The number of ether oxygens (including phenoxy) is 2. The van der Waals surface area contributed by atoms with Gasteiger partial charge in [-0.1, -0.05) is 61.9 Å². The Balaban J connectivity index is 1.77. The molecule has 0 aliphatic heterocycles. The van der Waals surface area contributed by atoms with Crippen LogP contribution in [0.5, 0.6) is 11.5 Å². The summed E-state index contributed by atoms with van der Waals surface area (Å²) in [5.41, 5.74) is 4.64. The Kier molecular flexibility index (Phi) is 11.3. The number of carbonyl (C=O) groups excluding carboxylic acids is 2. The molecule has 9 heteroatoms. The van der Waals surface area contributed by atoms with Crippen LogP contribution in [0, 0.1) is 11.7 Å². The Morgan fingerprint density at radius 2 is 1.80 bits per heavy atom. The van der Waals surface area contributed by atoms with E-state index in [0.29, 0.717) is 35.1 Å². The third-order valence-electron chi connectivity index (χ3n) is 5.89. The van der Waals surface area contributed by atoms with E-state index in [1.54, 1.807) is 38.1 Å². The van der Waals surface area contributed by atoms with Crippen LogP contribution in [0.1, 0.15) is 47.8 Å². The van der Waals surface area contributed by atoms with Crippen molar-refractivity contribution in [3.05, 3.63) is 106 Å². The summed E-state index contributed by atoms with van der Waals surface area (Å²) < 4.78 is 26.0. The molecule has 0 aromatic heterocycles. The fourth-order valence-corrected chi connectivity index (χ4v) is 4.09. The highest BCUT2D eigenvalue weighted by molar-refractivity contribution is 6.31. The lowest BCUT2D eigenvalue weighted by Crippen LogP contribution is -2.48. The minimum atomic E-state index is -0.930. The second-order valence-electron chi connectivity index (χ2n) is 9.22. The minimum absolute atomic E-state index is 0.139. The van der Waals surface area contributed by atoms with Gasteiger partial charge in [0.1, 0.15) is 18.5 Å². The van der Waals surface area contributed by atoms with E-state index >= 15 is 0 Å². The number of amides is 2. The predicted molar refractivity (Wildman–Crippen MR) is 156 cm³/mol. The standard InChI is InChI=1S/C31H33ClFN3O4/c1-5-11-22-16-21(17-27(39-6-2)29(22)40-19-23-12-7-9-14-25(23)32)18-34-36-31(38)28(20(3)4)35-30(37)24-13-8-10-15-26(24)33/h5,7-10,12-18,20,28H,1,6,11,19H2,2-4H3,(H,35,37)(H,36,38). The van der Waals surface area contributed by atoms with Crippen molar-refractivity contribution in [1.82, 2.24) is 10.7 Å². The molecular weight excluding hydrogens is 533 g/mol. The maximum absolute atomic E-state index is 14.0. The Morgan fingerprint density at radius 1 is 1.07 bits per heavy atom. The van der Waals surface area contributed by atoms with Gasteiger partial charge < -0.3 is 14.8 Å². The monoisotopic (exact) mass is 565 g/mol. The molecule has 2 amide bonds. The Morgan fingerprint density at radius 3 is 2.48 bits per heavy atom. The van der Waals surface area contributed by atoms with E-state index in [1.165, 1.54) is 24.4 Å². The third-order valence-corrected chi connectivity index (χ3v) is 6.26. The lowest BCUT2D eigenvalue weighted by atomic mass is 10.0. The summed E-state index contributed by atoms with van der Waals surface area (Å²) in [7, 11) is 0. The molecule has 0 saturated carbocycles. The normalized spacial score (nSPS) is 11.8.